The third-order valence-corrected chi connectivity index (χ3v) is 4.56. The first kappa shape index (κ1) is 16.9. The molecule has 1 amide bonds. The van der Waals surface area contributed by atoms with Crippen LogP contribution in [0.3, 0.4) is 0 Å². The largest absolute Gasteiger partial charge is 0.336 e. The molecule has 0 atom stereocenters. The topological polar surface area (TPSA) is 49.3 Å². The van der Waals surface area contributed by atoms with E-state index in [4.69, 9.17) is 11.6 Å². The van der Waals surface area contributed by atoms with E-state index in [1.807, 2.05) is 43.0 Å². The van der Waals surface area contributed by atoms with Crippen LogP contribution in [0.15, 0.2) is 30.5 Å². The molecular formula is C18H21ClN4O. The minimum Gasteiger partial charge on any atom is -0.336 e. The molecule has 0 bridgehead atoms. The van der Waals surface area contributed by atoms with Gasteiger partial charge in [0.05, 0.1) is 11.3 Å². The van der Waals surface area contributed by atoms with Gasteiger partial charge in [-0.2, -0.15) is 0 Å². The number of hydrogen-bond donors (Lipinski definition) is 0. The van der Waals surface area contributed by atoms with Gasteiger partial charge in [0.15, 0.2) is 0 Å². The number of benzene rings is 1. The monoisotopic (exact) mass is 344 g/mol. The van der Waals surface area contributed by atoms with Crippen LogP contribution in [0.5, 0.6) is 0 Å². The summed E-state index contributed by atoms with van der Waals surface area (Å²) in [7, 11) is 0. The predicted molar refractivity (Wildman–Crippen MR) is 94.1 cm³/mol. The first-order valence-corrected chi connectivity index (χ1v) is 8.47. The number of aryl methyl sites for hydroxylation is 2. The minimum absolute atomic E-state index is 0.0265. The van der Waals surface area contributed by atoms with Crippen LogP contribution in [0.1, 0.15) is 27.4 Å². The number of amides is 1. The fourth-order valence-electron chi connectivity index (χ4n) is 2.92. The van der Waals surface area contributed by atoms with Crippen molar-refractivity contribution in [2.75, 3.05) is 26.2 Å². The zero-order valence-electron chi connectivity index (χ0n) is 14.0. The van der Waals surface area contributed by atoms with E-state index in [0.717, 1.165) is 43.4 Å². The molecule has 1 aromatic carbocycles. The van der Waals surface area contributed by atoms with Crippen molar-refractivity contribution in [3.8, 4) is 0 Å². The van der Waals surface area contributed by atoms with E-state index in [1.165, 1.54) is 5.56 Å². The summed E-state index contributed by atoms with van der Waals surface area (Å²) in [6, 6.07) is 7.92. The quantitative estimate of drug-likeness (QED) is 0.859. The van der Waals surface area contributed by atoms with Crippen LogP contribution in [-0.2, 0) is 6.54 Å². The molecule has 126 valence electrons. The minimum atomic E-state index is 0.0265. The first-order valence-electron chi connectivity index (χ1n) is 8.09. The van der Waals surface area contributed by atoms with Gasteiger partial charge in [0, 0.05) is 43.9 Å². The zero-order valence-corrected chi connectivity index (χ0v) is 14.8. The summed E-state index contributed by atoms with van der Waals surface area (Å²) in [4.78, 5) is 25.3. The number of rotatable bonds is 3. The Morgan fingerprint density at radius 2 is 1.79 bits per heavy atom. The second-order valence-electron chi connectivity index (χ2n) is 6.11. The molecule has 3 rings (SSSR count). The molecule has 2 aromatic rings. The molecule has 1 aliphatic rings. The number of carbonyl (C=O) groups is 1. The highest BCUT2D eigenvalue weighted by Crippen LogP contribution is 2.15. The number of nitrogens with zero attached hydrogens (tertiary/aromatic N) is 4. The lowest BCUT2D eigenvalue weighted by Gasteiger charge is -2.34. The molecule has 0 saturated carbocycles. The van der Waals surface area contributed by atoms with Crippen molar-refractivity contribution < 1.29 is 4.79 Å². The molecule has 24 heavy (non-hydrogen) atoms. The summed E-state index contributed by atoms with van der Waals surface area (Å²) in [6.45, 7) is 7.74. The fourth-order valence-corrected chi connectivity index (χ4v) is 3.05. The maximum absolute atomic E-state index is 12.6. The third kappa shape index (κ3) is 3.91. The highest BCUT2D eigenvalue weighted by Gasteiger charge is 2.23. The molecule has 6 heteroatoms. The standard InChI is InChI=1S/C18H21ClN4O/c1-13-17(11-20-14(2)21-13)18(24)23-9-7-22(8-10-23)12-15-3-5-16(19)6-4-15/h3-6,11H,7-10,12H2,1-2H3. The van der Waals surface area contributed by atoms with Crippen molar-refractivity contribution in [1.82, 2.24) is 19.8 Å². The van der Waals surface area contributed by atoms with E-state index in [2.05, 4.69) is 14.9 Å². The Hall–Kier alpha value is -1.98. The molecular weight excluding hydrogens is 324 g/mol. The van der Waals surface area contributed by atoms with Crippen molar-refractivity contribution >= 4 is 17.5 Å². The summed E-state index contributed by atoms with van der Waals surface area (Å²) in [6.07, 6.45) is 1.64. The van der Waals surface area contributed by atoms with Crippen molar-refractivity contribution in [2.24, 2.45) is 0 Å². The van der Waals surface area contributed by atoms with Crippen LogP contribution < -0.4 is 0 Å². The highest BCUT2D eigenvalue weighted by molar-refractivity contribution is 6.30. The van der Waals surface area contributed by atoms with Crippen LogP contribution in [0.2, 0.25) is 5.02 Å². The van der Waals surface area contributed by atoms with Gasteiger partial charge in [0.2, 0.25) is 0 Å². The lowest BCUT2D eigenvalue weighted by molar-refractivity contribution is 0.0627. The first-order chi connectivity index (χ1) is 11.5. The van der Waals surface area contributed by atoms with E-state index in [1.54, 1.807) is 6.20 Å². The SMILES string of the molecule is Cc1ncc(C(=O)N2CCN(Cc3ccc(Cl)cc3)CC2)c(C)n1. The van der Waals surface area contributed by atoms with E-state index in [-0.39, 0.29) is 5.91 Å². The molecule has 1 saturated heterocycles. The summed E-state index contributed by atoms with van der Waals surface area (Å²) in [5.74, 6) is 0.718. The van der Waals surface area contributed by atoms with Crippen LogP contribution in [0.25, 0.3) is 0 Å². The molecule has 0 unspecified atom stereocenters. The summed E-state index contributed by atoms with van der Waals surface area (Å²) in [5.41, 5.74) is 2.59. The molecule has 1 fully saturated rings. The molecule has 0 N–H and O–H groups in total. The van der Waals surface area contributed by atoms with Crippen LogP contribution in [0.4, 0.5) is 0 Å². The average molecular weight is 345 g/mol. The molecule has 2 heterocycles. The van der Waals surface area contributed by atoms with Gasteiger partial charge in [-0.1, -0.05) is 23.7 Å². The predicted octanol–water partition coefficient (Wildman–Crippen LogP) is 2.70. The molecule has 0 aliphatic carbocycles. The van der Waals surface area contributed by atoms with Crippen molar-refractivity contribution in [1.29, 1.82) is 0 Å². The normalized spacial score (nSPS) is 15.5. The van der Waals surface area contributed by atoms with Gasteiger partial charge in [-0.15, -0.1) is 0 Å². The highest BCUT2D eigenvalue weighted by atomic mass is 35.5. The summed E-state index contributed by atoms with van der Waals surface area (Å²) in [5, 5.41) is 0.754. The Bertz CT molecular complexity index is 724. The summed E-state index contributed by atoms with van der Waals surface area (Å²) >= 11 is 5.92. The molecule has 1 aromatic heterocycles. The number of halogens is 1. The fraction of sp³-hybridized carbons (Fsp3) is 0.389. The number of carbonyl (C=O) groups excluding carboxylic acids is 1. The van der Waals surface area contributed by atoms with E-state index < -0.39 is 0 Å². The molecule has 1 aliphatic heterocycles. The van der Waals surface area contributed by atoms with E-state index in [0.29, 0.717) is 11.4 Å². The van der Waals surface area contributed by atoms with Crippen molar-refractivity contribution in [2.45, 2.75) is 20.4 Å². The maximum atomic E-state index is 12.6. The smallest absolute Gasteiger partial charge is 0.257 e. The van der Waals surface area contributed by atoms with Gasteiger partial charge < -0.3 is 4.90 Å². The van der Waals surface area contributed by atoms with Gasteiger partial charge in [-0.3, -0.25) is 9.69 Å². The third-order valence-electron chi connectivity index (χ3n) is 4.31. The lowest BCUT2D eigenvalue weighted by Crippen LogP contribution is -2.48. The van der Waals surface area contributed by atoms with Crippen LogP contribution >= 0.6 is 11.6 Å². The van der Waals surface area contributed by atoms with Crippen LogP contribution in [0, 0.1) is 13.8 Å². The molecule has 0 radical (unpaired) electrons. The number of hydrogen-bond acceptors (Lipinski definition) is 4. The number of piperazine rings is 1. The number of aromatic nitrogens is 2. The Labute approximate surface area is 147 Å². The second kappa shape index (κ2) is 7.28. The molecule has 0 spiro atoms. The van der Waals surface area contributed by atoms with Crippen molar-refractivity contribution in [3.63, 3.8) is 0 Å². The Morgan fingerprint density at radius 1 is 1.12 bits per heavy atom. The summed E-state index contributed by atoms with van der Waals surface area (Å²) < 4.78 is 0. The second-order valence-corrected chi connectivity index (χ2v) is 6.55. The zero-order chi connectivity index (χ0) is 17.1. The van der Waals surface area contributed by atoms with Crippen LogP contribution in [-0.4, -0.2) is 51.9 Å². The van der Waals surface area contributed by atoms with E-state index in [9.17, 15) is 4.79 Å². The maximum Gasteiger partial charge on any atom is 0.257 e. The van der Waals surface area contributed by atoms with Gasteiger partial charge in [0.1, 0.15) is 5.82 Å². The van der Waals surface area contributed by atoms with Gasteiger partial charge in [-0.25, -0.2) is 9.97 Å². The molecule has 5 nitrogen and oxygen atoms in total. The Morgan fingerprint density at radius 3 is 2.42 bits per heavy atom. The Balaban J connectivity index is 1.58. The average Bonchev–Trinajstić information content (AvgIpc) is 2.57. The van der Waals surface area contributed by atoms with Gasteiger partial charge in [0.25, 0.3) is 5.91 Å². The van der Waals surface area contributed by atoms with Crippen molar-refractivity contribution in [3.05, 3.63) is 58.1 Å². The Kier molecular flexibility index (Phi) is 5.11. The van der Waals surface area contributed by atoms with E-state index >= 15 is 0 Å². The van der Waals surface area contributed by atoms with Gasteiger partial charge in [-0.05, 0) is 31.5 Å². The van der Waals surface area contributed by atoms with Gasteiger partial charge >= 0.3 is 0 Å². The lowest BCUT2D eigenvalue weighted by atomic mass is 10.1.